The topological polar surface area (TPSA) is 144 Å². The van der Waals surface area contributed by atoms with Crippen LogP contribution in [-0.2, 0) is 32.3 Å². The second kappa shape index (κ2) is 19.1. The molecular formula is C53H56N8O6. The second-order valence-electron chi connectivity index (χ2n) is 17.8. The number of methoxy groups -OCH3 is 2. The van der Waals surface area contributed by atoms with Crippen LogP contribution < -0.4 is 29.7 Å². The molecule has 0 bridgehead atoms. The van der Waals surface area contributed by atoms with E-state index in [1.807, 2.05) is 95.6 Å². The molecule has 0 radical (unpaired) electrons. The summed E-state index contributed by atoms with van der Waals surface area (Å²) in [4.78, 5) is 59.3. The maximum absolute atomic E-state index is 14.9. The molecular weight excluding hydrogens is 845 g/mol. The highest BCUT2D eigenvalue weighted by atomic mass is 16.7. The van der Waals surface area contributed by atoms with Crippen LogP contribution in [0.25, 0.3) is 22.3 Å². The monoisotopic (exact) mass is 900 g/mol. The van der Waals surface area contributed by atoms with Crippen molar-refractivity contribution in [3.8, 4) is 33.9 Å². The van der Waals surface area contributed by atoms with Crippen molar-refractivity contribution in [2.45, 2.75) is 90.5 Å². The van der Waals surface area contributed by atoms with Crippen molar-refractivity contribution in [3.63, 3.8) is 0 Å². The lowest BCUT2D eigenvalue weighted by atomic mass is 9.86. The number of hydrogen-bond acceptors (Lipinski definition) is 12. The van der Waals surface area contributed by atoms with E-state index in [4.69, 9.17) is 24.0 Å². The summed E-state index contributed by atoms with van der Waals surface area (Å²) < 4.78 is 16.9. The van der Waals surface area contributed by atoms with Gasteiger partial charge >= 0.3 is 0 Å². The molecule has 0 saturated heterocycles. The maximum atomic E-state index is 14.9. The molecule has 2 aliphatic heterocycles. The van der Waals surface area contributed by atoms with Crippen LogP contribution in [0.4, 0.5) is 34.4 Å². The lowest BCUT2D eigenvalue weighted by Crippen LogP contribution is -2.39. The summed E-state index contributed by atoms with van der Waals surface area (Å²) in [5.74, 6) is 2.39. The van der Waals surface area contributed by atoms with Gasteiger partial charge in [0.05, 0.1) is 68.0 Å². The predicted molar refractivity (Wildman–Crippen MR) is 258 cm³/mol. The van der Waals surface area contributed by atoms with Crippen LogP contribution in [0.5, 0.6) is 11.6 Å². The van der Waals surface area contributed by atoms with E-state index in [1.54, 1.807) is 32.8 Å². The number of aromatic nitrogens is 4. The first-order valence-electron chi connectivity index (χ1n) is 23.4. The molecule has 4 aromatic heterocycles. The number of ether oxygens (including phenoxy) is 3. The number of nitrogens with one attached hydrogen (secondary N) is 1. The average Bonchev–Trinajstić information content (AvgIpc) is 3.62. The van der Waals surface area contributed by atoms with E-state index in [-0.39, 0.29) is 35.9 Å². The normalized spacial score (nSPS) is 20.0. The number of rotatable bonds is 10. The number of nitrogens with zero attached hydrogens (tertiary/aromatic N) is 7. The number of fused-ring (bicyclic) bond motifs is 4. The number of hydrogen-bond donors (Lipinski definition) is 1. The molecule has 14 nitrogen and oxygen atoms in total. The molecule has 344 valence electrons. The molecule has 2 amide bonds. The molecule has 14 heteroatoms. The number of aryl methyl sites for hydroxylation is 1. The first kappa shape index (κ1) is 44.0. The zero-order valence-corrected chi connectivity index (χ0v) is 38.5. The molecule has 10 rings (SSSR count). The third-order valence-electron chi connectivity index (χ3n) is 13.7. The summed E-state index contributed by atoms with van der Waals surface area (Å²) in [6.45, 7) is 5.16. The lowest BCUT2D eigenvalue weighted by Gasteiger charge is -2.35. The third-order valence-corrected chi connectivity index (χ3v) is 13.7. The van der Waals surface area contributed by atoms with Gasteiger partial charge in [0, 0.05) is 71.6 Å². The standard InChI is InChI=1S/C53H56N8O6/c1-5-66-43-26-40(29-54-30-43)36-15-22-46-48(27-36)60(53(63)34-10-16-41(64-3)17-11-34)32-39-9-7-25-56-51(39)61(46)67-42-18-12-35(13-19-42)52(62)59-31-38-8-6-24-55-50(38)58-45-21-14-37(28-47(45)59)44-20-23-49(65-4)57-33(44)2/h6-9,14-15,20-30,34-35,41-42H,5,10-13,16-19,31-32H2,1-4H3,(H,55,58). The molecule has 2 aromatic carbocycles. The van der Waals surface area contributed by atoms with Crippen LogP contribution in [0.15, 0.2) is 104 Å². The molecule has 6 aromatic rings. The van der Waals surface area contributed by atoms with Crippen LogP contribution in [0.2, 0.25) is 0 Å². The minimum atomic E-state index is -0.231. The van der Waals surface area contributed by atoms with Crippen molar-refractivity contribution in [1.82, 2.24) is 19.9 Å². The largest absolute Gasteiger partial charge is 0.492 e. The number of anilines is 6. The van der Waals surface area contributed by atoms with Crippen LogP contribution in [0.1, 0.15) is 75.1 Å². The third kappa shape index (κ3) is 8.91. The van der Waals surface area contributed by atoms with Gasteiger partial charge in [-0.2, -0.15) is 0 Å². The Kier molecular flexibility index (Phi) is 12.6. The minimum absolute atomic E-state index is 0.0659. The zero-order chi connectivity index (χ0) is 46.0. The molecule has 4 aliphatic rings. The van der Waals surface area contributed by atoms with Crippen LogP contribution >= 0.6 is 0 Å². The first-order valence-corrected chi connectivity index (χ1v) is 23.4. The van der Waals surface area contributed by atoms with E-state index in [0.717, 1.165) is 93.3 Å². The second-order valence-corrected chi connectivity index (χ2v) is 17.8. The molecule has 2 aliphatic carbocycles. The molecule has 0 unspecified atom stereocenters. The summed E-state index contributed by atoms with van der Waals surface area (Å²) >= 11 is 0. The molecule has 0 atom stereocenters. The van der Waals surface area contributed by atoms with Crippen LogP contribution in [0.3, 0.4) is 0 Å². The number of amides is 2. The first-order chi connectivity index (χ1) is 32.8. The van der Waals surface area contributed by atoms with E-state index in [0.29, 0.717) is 62.8 Å². The van der Waals surface area contributed by atoms with Gasteiger partial charge in [-0.15, -0.1) is 0 Å². The summed E-state index contributed by atoms with van der Waals surface area (Å²) in [5.41, 5.74) is 9.43. The van der Waals surface area contributed by atoms with Crippen LogP contribution in [-0.4, -0.2) is 64.8 Å². The SMILES string of the molecule is CCOc1cncc(-c2ccc3c(c2)N(C(=O)C2CCC(OC)CC2)Cc2cccnc2N3OC2CCC(C(=O)N3Cc4cccnc4Nc4ccc(-c5ccc(OC)nc5C)cc43)CC2)c1. The Balaban J connectivity index is 0.938. The van der Waals surface area contributed by atoms with Crippen LogP contribution in [0, 0.1) is 18.8 Å². The quantitative estimate of drug-likeness (QED) is 0.140. The molecule has 2 saturated carbocycles. The highest BCUT2D eigenvalue weighted by Crippen LogP contribution is 2.46. The highest BCUT2D eigenvalue weighted by molar-refractivity contribution is 6.02. The fourth-order valence-electron chi connectivity index (χ4n) is 10.1. The maximum Gasteiger partial charge on any atom is 0.230 e. The van der Waals surface area contributed by atoms with E-state index in [9.17, 15) is 9.59 Å². The number of carbonyl (C=O) groups excluding carboxylic acids is 2. The smallest absolute Gasteiger partial charge is 0.230 e. The molecule has 6 heterocycles. The van der Waals surface area contributed by atoms with Crippen molar-refractivity contribution in [2.75, 3.05) is 41.0 Å². The van der Waals surface area contributed by atoms with Gasteiger partial charge < -0.3 is 29.3 Å². The van der Waals surface area contributed by atoms with Gasteiger partial charge in [0.2, 0.25) is 17.7 Å². The van der Waals surface area contributed by atoms with E-state index >= 15 is 0 Å². The Labute approximate surface area is 391 Å². The Morgan fingerprint density at radius 2 is 1.39 bits per heavy atom. The molecule has 1 N–H and O–H groups in total. The zero-order valence-electron chi connectivity index (χ0n) is 38.5. The van der Waals surface area contributed by atoms with Gasteiger partial charge in [0.25, 0.3) is 0 Å². The summed E-state index contributed by atoms with van der Waals surface area (Å²) in [5, 5.41) is 5.36. The molecule has 2 fully saturated rings. The van der Waals surface area contributed by atoms with E-state index in [2.05, 4.69) is 38.5 Å². The Hall–Kier alpha value is -6.90. The van der Waals surface area contributed by atoms with Gasteiger partial charge in [-0.3, -0.25) is 19.4 Å². The van der Waals surface area contributed by atoms with Crippen molar-refractivity contribution in [2.24, 2.45) is 11.8 Å². The molecule has 67 heavy (non-hydrogen) atoms. The summed E-state index contributed by atoms with van der Waals surface area (Å²) in [6, 6.07) is 26.0. The summed E-state index contributed by atoms with van der Waals surface area (Å²) in [7, 11) is 3.36. The average molecular weight is 901 g/mol. The predicted octanol–water partition coefficient (Wildman–Crippen LogP) is 10.3. The number of pyridine rings is 4. The van der Waals surface area contributed by atoms with Gasteiger partial charge in [-0.25, -0.2) is 20.0 Å². The minimum Gasteiger partial charge on any atom is -0.492 e. The van der Waals surface area contributed by atoms with E-state index < -0.39 is 0 Å². The van der Waals surface area contributed by atoms with Crippen molar-refractivity contribution >= 4 is 46.2 Å². The number of benzene rings is 2. The van der Waals surface area contributed by atoms with Gasteiger partial charge in [-0.1, -0.05) is 24.3 Å². The number of carbonyl (C=O) groups is 2. The van der Waals surface area contributed by atoms with Crippen molar-refractivity contribution in [3.05, 3.63) is 120 Å². The van der Waals surface area contributed by atoms with Crippen molar-refractivity contribution in [1.29, 1.82) is 0 Å². The van der Waals surface area contributed by atoms with Crippen molar-refractivity contribution < 1.29 is 28.6 Å². The Morgan fingerprint density at radius 1 is 0.701 bits per heavy atom. The Morgan fingerprint density at radius 3 is 2.12 bits per heavy atom. The fraction of sp³-hybridized carbons (Fsp3) is 0.358. The fourth-order valence-corrected chi connectivity index (χ4v) is 10.1. The van der Waals surface area contributed by atoms with Gasteiger partial charge in [-0.05, 0) is 125 Å². The lowest BCUT2D eigenvalue weighted by molar-refractivity contribution is -0.125. The van der Waals surface area contributed by atoms with Gasteiger partial charge in [0.1, 0.15) is 11.6 Å². The Bertz CT molecular complexity index is 2790. The van der Waals surface area contributed by atoms with Gasteiger partial charge in [0.15, 0.2) is 5.82 Å². The highest BCUT2D eigenvalue weighted by Gasteiger charge is 2.38. The molecule has 0 spiro atoms. The summed E-state index contributed by atoms with van der Waals surface area (Å²) in [6.07, 6.45) is 12.8. The van der Waals surface area contributed by atoms with E-state index in [1.165, 1.54) is 0 Å².